The average Bonchev–Trinajstić information content (AvgIpc) is 3.07. The number of carbonyl (C=O) groups excluding carboxylic acids is 2. The standard InChI is InChI=1S/C21H26N4O3S2/c1-5-18(26)24-7-6-8-25(10-9-24)20(27)15-12-17(14(2)11-16(15)28-4)29-19-13-23-21(22-3)30-19/h5,11-13H,1,6-10H2,2-4H3,(H,22,23). The molecule has 1 aliphatic heterocycles. The number of benzene rings is 1. The summed E-state index contributed by atoms with van der Waals surface area (Å²) in [7, 11) is 3.42. The minimum atomic E-state index is -0.0959. The number of carbonyl (C=O) groups is 2. The van der Waals surface area contributed by atoms with Gasteiger partial charge in [0.1, 0.15) is 5.75 Å². The number of ether oxygens (including phenoxy) is 1. The molecule has 0 atom stereocenters. The summed E-state index contributed by atoms with van der Waals surface area (Å²) in [6, 6.07) is 3.80. The van der Waals surface area contributed by atoms with E-state index in [9.17, 15) is 9.59 Å². The zero-order chi connectivity index (χ0) is 21.7. The normalized spacial score (nSPS) is 14.2. The van der Waals surface area contributed by atoms with Crippen molar-refractivity contribution in [2.24, 2.45) is 0 Å². The lowest BCUT2D eigenvalue weighted by atomic mass is 10.1. The topological polar surface area (TPSA) is 74.8 Å². The molecule has 1 N–H and O–H groups in total. The van der Waals surface area contributed by atoms with Crippen LogP contribution in [0.15, 0.2) is 40.1 Å². The zero-order valence-electron chi connectivity index (χ0n) is 17.4. The summed E-state index contributed by atoms with van der Waals surface area (Å²) in [4.78, 5) is 34.1. The van der Waals surface area contributed by atoms with Gasteiger partial charge in [-0.3, -0.25) is 9.59 Å². The van der Waals surface area contributed by atoms with Crippen molar-refractivity contribution in [2.75, 3.05) is 45.7 Å². The largest absolute Gasteiger partial charge is 0.496 e. The first kappa shape index (κ1) is 22.2. The van der Waals surface area contributed by atoms with Gasteiger partial charge < -0.3 is 19.9 Å². The molecule has 2 heterocycles. The van der Waals surface area contributed by atoms with E-state index in [2.05, 4.69) is 16.9 Å². The Labute approximate surface area is 185 Å². The first-order valence-corrected chi connectivity index (χ1v) is 11.3. The predicted molar refractivity (Wildman–Crippen MR) is 121 cm³/mol. The van der Waals surface area contributed by atoms with Crippen molar-refractivity contribution in [2.45, 2.75) is 22.4 Å². The molecule has 9 heteroatoms. The SMILES string of the molecule is C=CC(=O)N1CCCN(C(=O)c2cc(Sc3cnc(NC)s3)c(C)cc2OC)CC1. The molecule has 3 rings (SSSR count). The van der Waals surface area contributed by atoms with Crippen molar-refractivity contribution in [3.63, 3.8) is 0 Å². The lowest BCUT2D eigenvalue weighted by molar-refractivity contribution is -0.125. The third-order valence-corrected chi connectivity index (χ3v) is 7.18. The Hall–Kier alpha value is -2.52. The van der Waals surface area contributed by atoms with E-state index < -0.39 is 0 Å². The van der Waals surface area contributed by atoms with Gasteiger partial charge >= 0.3 is 0 Å². The molecular weight excluding hydrogens is 420 g/mol. The molecule has 1 saturated heterocycles. The summed E-state index contributed by atoms with van der Waals surface area (Å²) in [5.41, 5.74) is 1.57. The summed E-state index contributed by atoms with van der Waals surface area (Å²) in [5, 5.41) is 3.89. The van der Waals surface area contributed by atoms with Crippen LogP contribution in [0.3, 0.4) is 0 Å². The van der Waals surface area contributed by atoms with Crippen LogP contribution in [0.5, 0.6) is 5.75 Å². The highest BCUT2D eigenvalue weighted by molar-refractivity contribution is 8.01. The van der Waals surface area contributed by atoms with Crippen LogP contribution in [-0.4, -0.2) is 66.9 Å². The highest BCUT2D eigenvalue weighted by Gasteiger charge is 2.25. The van der Waals surface area contributed by atoms with Crippen LogP contribution in [0.1, 0.15) is 22.3 Å². The van der Waals surface area contributed by atoms with Gasteiger partial charge in [-0.05, 0) is 37.1 Å². The summed E-state index contributed by atoms with van der Waals surface area (Å²) < 4.78 is 6.56. The van der Waals surface area contributed by atoms with Gasteiger partial charge in [-0.25, -0.2) is 4.98 Å². The third-order valence-electron chi connectivity index (χ3n) is 4.91. The molecule has 1 aromatic carbocycles. The van der Waals surface area contributed by atoms with Crippen LogP contribution in [0, 0.1) is 6.92 Å². The highest BCUT2D eigenvalue weighted by atomic mass is 32.2. The predicted octanol–water partition coefficient (Wildman–Crippen LogP) is 3.51. The van der Waals surface area contributed by atoms with Gasteiger partial charge in [0, 0.05) is 38.1 Å². The number of amides is 2. The molecule has 30 heavy (non-hydrogen) atoms. The molecule has 0 saturated carbocycles. The van der Waals surface area contributed by atoms with E-state index in [1.807, 2.05) is 32.3 Å². The molecule has 160 valence electrons. The summed E-state index contributed by atoms with van der Waals surface area (Å²) in [6.45, 7) is 7.76. The van der Waals surface area contributed by atoms with Crippen LogP contribution in [0.2, 0.25) is 0 Å². The number of methoxy groups -OCH3 is 1. The Kier molecular flexibility index (Phi) is 7.38. The first-order valence-electron chi connectivity index (χ1n) is 9.67. The highest BCUT2D eigenvalue weighted by Crippen LogP contribution is 2.38. The monoisotopic (exact) mass is 446 g/mol. The van der Waals surface area contributed by atoms with Crippen LogP contribution in [-0.2, 0) is 4.79 Å². The Morgan fingerprint density at radius 2 is 2.00 bits per heavy atom. The number of aryl methyl sites for hydroxylation is 1. The Morgan fingerprint density at radius 3 is 2.67 bits per heavy atom. The van der Waals surface area contributed by atoms with Crippen molar-refractivity contribution in [1.29, 1.82) is 0 Å². The maximum Gasteiger partial charge on any atom is 0.257 e. The molecule has 2 amide bonds. The minimum absolute atomic E-state index is 0.0816. The molecule has 0 bridgehead atoms. The lowest BCUT2D eigenvalue weighted by Crippen LogP contribution is -2.36. The number of hydrogen-bond acceptors (Lipinski definition) is 7. The van der Waals surface area contributed by atoms with Gasteiger partial charge in [0.25, 0.3) is 5.91 Å². The van der Waals surface area contributed by atoms with Gasteiger partial charge in [0.05, 0.1) is 23.1 Å². The maximum absolute atomic E-state index is 13.3. The summed E-state index contributed by atoms with van der Waals surface area (Å²) in [6.07, 6.45) is 3.88. The van der Waals surface area contributed by atoms with E-state index in [1.165, 1.54) is 6.08 Å². The maximum atomic E-state index is 13.3. The molecule has 0 spiro atoms. The van der Waals surface area contributed by atoms with Gasteiger partial charge in [-0.2, -0.15) is 0 Å². The number of hydrogen-bond donors (Lipinski definition) is 1. The average molecular weight is 447 g/mol. The molecule has 2 aromatic rings. The number of nitrogens with one attached hydrogen (secondary N) is 1. The quantitative estimate of drug-likeness (QED) is 0.685. The van der Waals surface area contributed by atoms with Gasteiger partial charge in [0.2, 0.25) is 5.91 Å². The number of aromatic nitrogens is 1. The van der Waals surface area contributed by atoms with E-state index in [4.69, 9.17) is 4.74 Å². The molecule has 0 aliphatic carbocycles. The Bertz CT molecular complexity index is 944. The van der Waals surface area contributed by atoms with Crippen molar-refractivity contribution >= 4 is 40.0 Å². The van der Waals surface area contributed by atoms with Gasteiger partial charge in [-0.1, -0.05) is 29.7 Å². The second-order valence-corrected chi connectivity index (χ2v) is 9.20. The van der Waals surface area contributed by atoms with E-state index in [1.54, 1.807) is 40.0 Å². The fourth-order valence-electron chi connectivity index (χ4n) is 3.28. The fourth-order valence-corrected chi connectivity index (χ4v) is 5.17. The zero-order valence-corrected chi connectivity index (χ0v) is 19.1. The second-order valence-electron chi connectivity index (χ2n) is 6.83. The summed E-state index contributed by atoms with van der Waals surface area (Å²) in [5.74, 6) is 0.383. The van der Waals surface area contributed by atoms with Crippen LogP contribution >= 0.6 is 23.1 Å². The second kappa shape index (κ2) is 9.99. The molecule has 0 unspecified atom stereocenters. The smallest absolute Gasteiger partial charge is 0.257 e. The molecule has 1 aliphatic rings. The van der Waals surface area contributed by atoms with Crippen molar-refractivity contribution in [1.82, 2.24) is 14.8 Å². The Balaban J connectivity index is 1.83. The van der Waals surface area contributed by atoms with Crippen molar-refractivity contribution in [3.05, 3.63) is 42.1 Å². The minimum Gasteiger partial charge on any atom is -0.496 e. The third kappa shape index (κ3) is 4.96. The molecule has 1 fully saturated rings. The van der Waals surface area contributed by atoms with Crippen LogP contribution < -0.4 is 10.1 Å². The number of anilines is 1. The molecule has 7 nitrogen and oxygen atoms in total. The number of rotatable bonds is 6. The lowest BCUT2D eigenvalue weighted by Gasteiger charge is -2.23. The van der Waals surface area contributed by atoms with Crippen molar-refractivity contribution < 1.29 is 14.3 Å². The van der Waals surface area contributed by atoms with Crippen molar-refractivity contribution in [3.8, 4) is 5.75 Å². The van der Waals surface area contributed by atoms with E-state index in [0.717, 1.165) is 26.2 Å². The molecule has 1 aromatic heterocycles. The number of thiazole rings is 1. The number of nitrogens with zero attached hydrogens (tertiary/aromatic N) is 3. The van der Waals surface area contributed by atoms with Crippen LogP contribution in [0.25, 0.3) is 0 Å². The van der Waals surface area contributed by atoms with Gasteiger partial charge in [0.15, 0.2) is 5.13 Å². The van der Waals surface area contributed by atoms with E-state index in [0.29, 0.717) is 37.5 Å². The van der Waals surface area contributed by atoms with E-state index in [-0.39, 0.29) is 11.8 Å². The molecular formula is C21H26N4O3S2. The summed E-state index contributed by atoms with van der Waals surface area (Å²) >= 11 is 3.15. The first-order chi connectivity index (χ1) is 14.5. The molecule has 0 radical (unpaired) electrons. The van der Waals surface area contributed by atoms with E-state index >= 15 is 0 Å². The fraction of sp³-hybridized carbons (Fsp3) is 0.381. The Morgan fingerprint density at radius 1 is 1.27 bits per heavy atom. The van der Waals surface area contributed by atoms with Gasteiger partial charge in [-0.15, -0.1) is 0 Å². The van der Waals surface area contributed by atoms with Crippen LogP contribution in [0.4, 0.5) is 5.13 Å².